The van der Waals surface area contributed by atoms with Crippen molar-refractivity contribution in [2.75, 3.05) is 24.4 Å². The lowest BCUT2D eigenvalue weighted by Gasteiger charge is -2.24. The van der Waals surface area contributed by atoms with Crippen molar-refractivity contribution < 1.29 is 33.7 Å². The third-order valence-electron chi connectivity index (χ3n) is 6.63. The third kappa shape index (κ3) is 10.1. The molecule has 0 spiro atoms. The molecule has 1 aliphatic heterocycles. The number of benzene rings is 1. The van der Waals surface area contributed by atoms with Gasteiger partial charge in [0.2, 0.25) is 0 Å². The van der Waals surface area contributed by atoms with Crippen molar-refractivity contribution in [2.24, 2.45) is 0 Å². The predicted octanol–water partition coefficient (Wildman–Crippen LogP) is 6.05. The average Bonchev–Trinajstić information content (AvgIpc) is 3.29. The molecule has 2 heterocycles. The number of carboxylic acids is 1. The summed E-state index contributed by atoms with van der Waals surface area (Å²) in [7, 11) is -0.0331. The maximum absolute atomic E-state index is 12.9. The van der Waals surface area contributed by atoms with Gasteiger partial charge in [0, 0.05) is 37.8 Å². The zero-order chi connectivity index (χ0) is 31.1. The van der Waals surface area contributed by atoms with E-state index < -0.39 is 43.9 Å². The van der Waals surface area contributed by atoms with E-state index in [1.54, 1.807) is 39.0 Å². The summed E-state index contributed by atoms with van der Waals surface area (Å²) in [5.41, 5.74) is 1.44. The Hall–Kier alpha value is -3.58. The van der Waals surface area contributed by atoms with Gasteiger partial charge in [-0.25, -0.2) is 19.4 Å². The van der Waals surface area contributed by atoms with Gasteiger partial charge < -0.3 is 34.5 Å². The van der Waals surface area contributed by atoms with Crippen LogP contribution >= 0.6 is 0 Å². The SMILES string of the molecule is COC(=O)Nc1ccc2c(c1)N[C@@H](C(=O)O)CCCC[C@H](NC(=O)OC(C)(C)C)c1nc-2cn1COCC[Si](C)(C)C. The van der Waals surface area contributed by atoms with E-state index in [2.05, 4.69) is 35.6 Å². The zero-order valence-electron chi connectivity index (χ0n) is 25.7. The minimum Gasteiger partial charge on any atom is -0.480 e. The van der Waals surface area contributed by atoms with Gasteiger partial charge in [-0.3, -0.25) is 5.32 Å². The van der Waals surface area contributed by atoms with Crippen molar-refractivity contribution in [1.82, 2.24) is 14.9 Å². The highest BCUT2D eigenvalue weighted by atomic mass is 28.3. The number of anilines is 2. The molecule has 4 N–H and O–H groups in total. The second-order valence-electron chi connectivity index (χ2n) is 12.7. The number of imidazole rings is 1. The second-order valence-corrected chi connectivity index (χ2v) is 18.3. The largest absolute Gasteiger partial charge is 0.480 e. The Morgan fingerprint density at radius 2 is 1.86 bits per heavy atom. The maximum atomic E-state index is 12.9. The van der Waals surface area contributed by atoms with E-state index in [4.69, 9.17) is 19.2 Å². The number of aromatic nitrogens is 2. The van der Waals surface area contributed by atoms with Crippen LogP contribution in [0.25, 0.3) is 11.3 Å². The summed E-state index contributed by atoms with van der Waals surface area (Å²) in [5.74, 6) is -0.378. The molecule has 0 radical (unpaired) electrons. The van der Waals surface area contributed by atoms with Crippen LogP contribution in [0, 0.1) is 0 Å². The van der Waals surface area contributed by atoms with E-state index in [0.717, 1.165) is 6.04 Å². The molecular formula is C29H45N5O7Si. The monoisotopic (exact) mass is 603 g/mol. The molecule has 12 nitrogen and oxygen atoms in total. The second kappa shape index (κ2) is 14.1. The van der Waals surface area contributed by atoms with Crippen LogP contribution in [0.5, 0.6) is 0 Å². The van der Waals surface area contributed by atoms with Crippen LogP contribution in [0.15, 0.2) is 24.4 Å². The summed E-state index contributed by atoms with van der Waals surface area (Å²) in [6.07, 6.45) is 2.77. The van der Waals surface area contributed by atoms with Crippen molar-refractivity contribution in [3.05, 3.63) is 30.2 Å². The van der Waals surface area contributed by atoms with Crippen LogP contribution in [0.1, 0.15) is 58.3 Å². The number of nitrogens with zero attached hydrogens (tertiary/aromatic N) is 2. The molecule has 0 aliphatic carbocycles. The van der Waals surface area contributed by atoms with Crippen LogP contribution in [0.4, 0.5) is 21.0 Å². The Morgan fingerprint density at radius 1 is 1.14 bits per heavy atom. The van der Waals surface area contributed by atoms with Crippen LogP contribution in [-0.2, 0) is 25.7 Å². The van der Waals surface area contributed by atoms with E-state index in [1.807, 2.05) is 10.8 Å². The molecule has 0 fully saturated rings. The Bertz CT molecular complexity index is 1250. The minimum absolute atomic E-state index is 0.238. The Labute approximate surface area is 248 Å². The number of carbonyl (C=O) groups is 3. The standard InChI is InChI=1S/C29H45N5O7Si/c1-29(2,3)41-28(38)33-21-10-8-9-11-22(26(35)36)31-23-16-19(30-27(37)39-4)12-13-20(23)24-17-34(25(21)32-24)18-40-14-15-42(5,6)7/h12-13,16-17,21-22,31H,8-11,14-15,18H2,1-7H3,(H,30,37)(H,33,38)(H,35,36)/t21-,22+/m0/s1. The number of rotatable bonds is 8. The van der Waals surface area contributed by atoms with Gasteiger partial charge in [-0.15, -0.1) is 0 Å². The lowest BCUT2D eigenvalue weighted by molar-refractivity contribution is -0.138. The lowest BCUT2D eigenvalue weighted by atomic mass is 10.0. The van der Waals surface area contributed by atoms with Crippen molar-refractivity contribution >= 4 is 37.6 Å². The van der Waals surface area contributed by atoms with Gasteiger partial charge >= 0.3 is 18.2 Å². The fourth-order valence-corrected chi connectivity index (χ4v) is 5.23. The third-order valence-corrected chi connectivity index (χ3v) is 8.33. The van der Waals surface area contributed by atoms with E-state index in [1.165, 1.54) is 7.11 Å². The molecule has 1 aromatic heterocycles. The summed E-state index contributed by atoms with van der Waals surface area (Å²) in [4.78, 5) is 41.8. The lowest BCUT2D eigenvalue weighted by Crippen LogP contribution is -2.36. The molecule has 3 rings (SSSR count). The van der Waals surface area contributed by atoms with Gasteiger partial charge in [-0.1, -0.05) is 32.5 Å². The van der Waals surface area contributed by atoms with Gasteiger partial charge in [0.05, 0.1) is 18.8 Å². The fraction of sp³-hybridized carbons (Fsp3) is 0.586. The van der Waals surface area contributed by atoms with Gasteiger partial charge in [0.25, 0.3) is 0 Å². The predicted molar refractivity (Wildman–Crippen MR) is 163 cm³/mol. The van der Waals surface area contributed by atoms with Crippen molar-refractivity contribution in [3.63, 3.8) is 0 Å². The first kappa shape index (κ1) is 32.9. The summed E-state index contributed by atoms with van der Waals surface area (Å²) in [6, 6.07) is 4.75. The highest BCUT2D eigenvalue weighted by Crippen LogP contribution is 2.34. The molecule has 13 heteroatoms. The Morgan fingerprint density at radius 3 is 2.50 bits per heavy atom. The molecular weight excluding hydrogens is 558 g/mol. The summed E-state index contributed by atoms with van der Waals surface area (Å²) < 4.78 is 18.2. The van der Waals surface area contributed by atoms with Crippen LogP contribution in [-0.4, -0.2) is 66.2 Å². The van der Waals surface area contributed by atoms with Crippen molar-refractivity contribution in [3.8, 4) is 11.3 Å². The Balaban J connectivity index is 2.07. The van der Waals surface area contributed by atoms with Gasteiger partial charge in [0.15, 0.2) is 0 Å². The minimum atomic E-state index is -1.30. The van der Waals surface area contributed by atoms with Gasteiger partial charge in [-0.2, -0.15) is 0 Å². The van der Waals surface area contributed by atoms with Crippen LogP contribution in [0.3, 0.4) is 0 Å². The van der Waals surface area contributed by atoms with Gasteiger partial charge in [-0.05, 0) is 57.9 Å². The van der Waals surface area contributed by atoms with E-state index >= 15 is 0 Å². The molecule has 2 amide bonds. The molecule has 232 valence electrons. The van der Waals surface area contributed by atoms with E-state index in [9.17, 15) is 19.5 Å². The summed E-state index contributed by atoms with van der Waals surface area (Å²) in [6.45, 7) is 13.1. The molecule has 42 heavy (non-hydrogen) atoms. The number of ether oxygens (including phenoxy) is 3. The molecule has 1 aliphatic rings. The Kier molecular flexibility index (Phi) is 11.0. The first-order valence-corrected chi connectivity index (χ1v) is 18.0. The zero-order valence-corrected chi connectivity index (χ0v) is 26.7. The maximum Gasteiger partial charge on any atom is 0.411 e. The molecule has 2 bridgehead atoms. The molecule has 0 unspecified atom stereocenters. The van der Waals surface area contributed by atoms with E-state index in [0.29, 0.717) is 60.7 Å². The smallest absolute Gasteiger partial charge is 0.411 e. The summed E-state index contributed by atoms with van der Waals surface area (Å²) in [5, 5.41) is 18.7. The number of carbonyl (C=O) groups excluding carboxylic acids is 2. The van der Waals surface area contributed by atoms with E-state index in [-0.39, 0.29) is 6.73 Å². The number of methoxy groups -OCH3 is 1. The quantitative estimate of drug-likeness (QED) is 0.209. The number of alkyl carbamates (subject to hydrolysis) is 1. The number of nitrogens with one attached hydrogen (secondary N) is 3. The number of hydrogen-bond donors (Lipinski definition) is 4. The fourth-order valence-electron chi connectivity index (χ4n) is 4.47. The van der Waals surface area contributed by atoms with Crippen molar-refractivity contribution in [1.29, 1.82) is 0 Å². The number of carboxylic acid groups (broad SMARTS) is 1. The molecule has 0 saturated heterocycles. The number of amides is 2. The first-order valence-electron chi connectivity index (χ1n) is 14.3. The van der Waals surface area contributed by atoms with Gasteiger partial charge in [0.1, 0.15) is 24.2 Å². The summed E-state index contributed by atoms with van der Waals surface area (Å²) >= 11 is 0. The number of hydrogen-bond acceptors (Lipinski definition) is 8. The molecule has 0 saturated carbocycles. The topological polar surface area (TPSA) is 153 Å². The molecule has 2 atom stereocenters. The number of aliphatic carboxylic acids is 1. The van der Waals surface area contributed by atoms with Crippen molar-refractivity contribution in [2.45, 2.75) is 96.6 Å². The highest BCUT2D eigenvalue weighted by Gasteiger charge is 2.27. The normalized spacial score (nSPS) is 17.5. The van der Waals surface area contributed by atoms with Crippen LogP contribution in [0.2, 0.25) is 25.7 Å². The average molecular weight is 604 g/mol. The van der Waals surface area contributed by atoms with Crippen LogP contribution < -0.4 is 16.0 Å². The highest BCUT2D eigenvalue weighted by molar-refractivity contribution is 6.76. The number of fused-ring (bicyclic) bond motifs is 4. The molecule has 2 aromatic rings. The first-order chi connectivity index (χ1) is 19.6. The molecule has 1 aromatic carbocycles.